The number of rotatable bonds is 5. The normalized spacial score (nSPS) is 12.8. The van der Waals surface area contributed by atoms with Crippen LogP contribution in [0.3, 0.4) is 0 Å². The molecule has 0 unspecified atom stereocenters. The molecular weight excluding hydrogens is 172 g/mol. The first-order valence-electron chi connectivity index (χ1n) is 5.38. The fourth-order valence-corrected chi connectivity index (χ4v) is 1.67. The Morgan fingerprint density at radius 2 is 1.86 bits per heavy atom. The Balaban J connectivity index is 2.39. The Kier molecular flexibility index (Phi) is 4.68. The van der Waals surface area contributed by atoms with Gasteiger partial charge in [-0.2, -0.15) is 0 Å². The molecule has 0 aromatic heterocycles. The lowest BCUT2D eigenvalue weighted by Crippen LogP contribution is -2.00. The van der Waals surface area contributed by atoms with Gasteiger partial charge >= 0.3 is 0 Å². The third kappa shape index (κ3) is 3.93. The Morgan fingerprint density at radius 1 is 1.21 bits per heavy atom. The Morgan fingerprint density at radius 3 is 2.43 bits per heavy atom. The van der Waals surface area contributed by atoms with Crippen LogP contribution in [0.15, 0.2) is 24.3 Å². The number of aliphatic hydroxyl groups excluding tert-OH is 1. The quantitative estimate of drug-likeness (QED) is 0.760. The van der Waals surface area contributed by atoms with Crippen molar-refractivity contribution in [1.29, 1.82) is 0 Å². The highest BCUT2D eigenvalue weighted by Gasteiger charge is 2.02. The number of aryl methyl sites for hydroxylation is 1. The number of aliphatic hydroxyl groups is 1. The molecule has 1 atom stereocenters. The van der Waals surface area contributed by atoms with Crippen LogP contribution < -0.4 is 0 Å². The minimum atomic E-state index is 0.318. The zero-order valence-electron chi connectivity index (χ0n) is 9.16. The van der Waals surface area contributed by atoms with Crippen molar-refractivity contribution in [3.63, 3.8) is 0 Å². The smallest absolute Gasteiger partial charge is 0.0431 e. The molecule has 0 saturated heterocycles. The lowest BCUT2D eigenvalue weighted by molar-refractivity contribution is 0.273. The molecular formula is C13H20O. The molecule has 0 aliphatic rings. The molecule has 0 aliphatic carbocycles. The maximum Gasteiger partial charge on any atom is 0.0431 e. The molecule has 78 valence electrons. The van der Waals surface area contributed by atoms with Gasteiger partial charge in [0.05, 0.1) is 0 Å². The zero-order chi connectivity index (χ0) is 10.4. The van der Waals surface area contributed by atoms with Crippen molar-refractivity contribution in [3.05, 3.63) is 35.4 Å². The van der Waals surface area contributed by atoms with E-state index in [2.05, 4.69) is 38.1 Å². The molecule has 1 nitrogen and oxygen atoms in total. The summed E-state index contributed by atoms with van der Waals surface area (Å²) in [6.07, 6.45) is 3.16. The summed E-state index contributed by atoms with van der Waals surface area (Å²) < 4.78 is 0. The first-order chi connectivity index (χ1) is 6.72. The third-order valence-electron chi connectivity index (χ3n) is 2.56. The summed E-state index contributed by atoms with van der Waals surface area (Å²) in [7, 11) is 0. The van der Waals surface area contributed by atoms with Gasteiger partial charge in [0, 0.05) is 6.61 Å². The van der Waals surface area contributed by atoms with Gasteiger partial charge in [-0.25, -0.2) is 0 Å². The minimum absolute atomic E-state index is 0.318. The molecule has 14 heavy (non-hydrogen) atoms. The largest absolute Gasteiger partial charge is 0.396 e. The molecule has 0 heterocycles. The lowest BCUT2D eigenvalue weighted by atomic mass is 9.96. The van der Waals surface area contributed by atoms with E-state index < -0.39 is 0 Å². The van der Waals surface area contributed by atoms with Gasteiger partial charge in [0.15, 0.2) is 0 Å². The van der Waals surface area contributed by atoms with Crippen molar-refractivity contribution in [1.82, 2.24) is 0 Å². The summed E-state index contributed by atoms with van der Waals surface area (Å²) in [5.41, 5.74) is 2.72. The molecule has 0 saturated carbocycles. The second kappa shape index (κ2) is 5.82. The van der Waals surface area contributed by atoms with Gasteiger partial charge in [-0.1, -0.05) is 36.8 Å². The molecule has 0 aliphatic heterocycles. The molecule has 1 heteroatoms. The third-order valence-corrected chi connectivity index (χ3v) is 2.56. The summed E-state index contributed by atoms with van der Waals surface area (Å²) in [6, 6.07) is 8.72. The van der Waals surface area contributed by atoms with Crippen molar-refractivity contribution >= 4 is 0 Å². The summed E-state index contributed by atoms with van der Waals surface area (Å²) >= 11 is 0. The van der Waals surface area contributed by atoms with E-state index in [1.165, 1.54) is 11.1 Å². The summed E-state index contributed by atoms with van der Waals surface area (Å²) in [5, 5.41) is 8.72. The zero-order valence-corrected chi connectivity index (χ0v) is 9.16. The van der Waals surface area contributed by atoms with E-state index in [0.717, 1.165) is 19.3 Å². The standard InChI is InChI=1S/C13H20O/c1-11-5-7-13(8-6-11)10-12(2)4-3-9-14/h5-8,12,14H,3-4,9-10H2,1-2H3/t12-/m1/s1. The first-order valence-corrected chi connectivity index (χ1v) is 5.38. The van der Waals surface area contributed by atoms with Crippen LogP contribution in [-0.2, 0) is 6.42 Å². The van der Waals surface area contributed by atoms with Crippen molar-refractivity contribution in [2.75, 3.05) is 6.61 Å². The van der Waals surface area contributed by atoms with Gasteiger partial charge in [-0.3, -0.25) is 0 Å². The van der Waals surface area contributed by atoms with E-state index in [-0.39, 0.29) is 0 Å². The topological polar surface area (TPSA) is 20.2 Å². The monoisotopic (exact) mass is 192 g/mol. The van der Waals surface area contributed by atoms with Gasteiger partial charge in [0.1, 0.15) is 0 Å². The van der Waals surface area contributed by atoms with E-state index in [4.69, 9.17) is 5.11 Å². The van der Waals surface area contributed by atoms with Crippen molar-refractivity contribution in [2.45, 2.75) is 33.1 Å². The van der Waals surface area contributed by atoms with Gasteiger partial charge < -0.3 is 5.11 Å². The molecule has 0 bridgehead atoms. The summed E-state index contributed by atoms with van der Waals surface area (Å²) in [5.74, 6) is 0.671. The van der Waals surface area contributed by atoms with Crippen LogP contribution in [-0.4, -0.2) is 11.7 Å². The Bertz CT molecular complexity index is 250. The highest BCUT2D eigenvalue weighted by Crippen LogP contribution is 2.13. The van der Waals surface area contributed by atoms with Crippen LogP contribution in [0.1, 0.15) is 30.9 Å². The Labute approximate surface area is 86.8 Å². The summed E-state index contributed by atoms with van der Waals surface area (Å²) in [4.78, 5) is 0. The van der Waals surface area contributed by atoms with Gasteiger partial charge in [-0.05, 0) is 37.7 Å². The molecule has 1 N–H and O–H groups in total. The van der Waals surface area contributed by atoms with E-state index >= 15 is 0 Å². The molecule has 0 fully saturated rings. The van der Waals surface area contributed by atoms with E-state index in [9.17, 15) is 0 Å². The molecule has 0 radical (unpaired) electrons. The van der Waals surface area contributed by atoms with E-state index in [1.807, 2.05) is 0 Å². The van der Waals surface area contributed by atoms with Crippen LogP contribution >= 0.6 is 0 Å². The molecule has 0 spiro atoms. The predicted octanol–water partition coefficient (Wildman–Crippen LogP) is 2.95. The second-order valence-electron chi connectivity index (χ2n) is 4.16. The SMILES string of the molecule is Cc1ccc(C[C@H](C)CCCO)cc1. The highest BCUT2D eigenvalue weighted by atomic mass is 16.2. The van der Waals surface area contributed by atoms with Crippen molar-refractivity contribution in [2.24, 2.45) is 5.92 Å². The number of hydrogen-bond donors (Lipinski definition) is 1. The van der Waals surface area contributed by atoms with Crippen LogP contribution in [0.2, 0.25) is 0 Å². The van der Waals surface area contributed by atoms with Crippen molar-refractivity contribution < 1.29 is 5.11 Å². The second-order valence-corrected chi connectivity index (χ2v) is 4.16. The molecule has 1 aromatic carbocycles. The van der Waals surface area contributed by atoms with E-state index in [1.54, 1.807) is 0 Å². The van der Waals surface area contributed by atoms with Crippen molar-refractivity contribution in [3.8, 4) is 0 Å². The molecule has 0 amide bonds. The highest BCUT2D eigenvalue weighted by molar-refractivity contribution is 5.21. The average molecular weight is 192 g/mol. The minimum Gasteiger partial charge on any atom is -0.396 e. The van der Waals surface area contributed by atoms with Crippen LogP contribution in [0.25, 0.3) is 0 Å². The average Bonchev–Trinajstić information content (AvgIpc) is 2.18. The van der Waals surface area contributed by atoms with E-state index in [0.29, 0.717) is 12.5 Å². The fraction of sp³-hybridized carbons (Fsp3) is 0.538. The number of hydrogen-bond acceptors (Lipinski definition) is 1. The van der Waals surface area contributed by atoms with Crippen LogP contribution in [0, 0.1) is 12.8 Å². The maximum atomic E-state index is 8.72. The lowest BCUT2D eigenvalue weighted by Gasteiger charge is -2.10. The van der Waals surface area contributed by atoms with Crippen LogP contribution in [0.4, 0.5) is 0 Å². The molecule has 1 aromatic rings. The Hall–Kier alpha value is -0.820. The van der Waals surface area contributed by atoms with Gasteiger partial charge in [0.25, 0.3) is 0 Å². The number of benzene rings is 1. The van der Waals surface area contributed by atoms with Gasteiger partial charge in [0.2, 0.25) is 0 Å². The first kappa shape index (κ1) is 11.3. The van der Waals surface area contributed by atoms with Crippen LogP contribution in [0.5, 0.6) is 0 Å². The maximum absolute atomic E-state index is 8.72. The van der Waals surface area contributed by atoms with Gasteiger partial charge in [-0.15, -0.1) is 0 Å². The predicted molar refractivity (Wildman–Crippen MR) is 60.4 cm³/mol. The summed E-state index contributed by atoms with van der Waals surface area (Å²) in [6.45, 7) is 4.67. The molecule has 1 rings (SSSR count). The fourth-order valence-electron chi connectivity index (χ4n) is 1.67.